The summed E-state index contributed by atoms with van der Waals surface area (Å²) in [4.78, 5) is 12.0. The summed E-state index contributed by atoms with van der Waals surface area (Å²) in [6.07, 6.45) is 3.25. The van der Waals surface area contributed by atoms with Gasteiger partial charge in [-0.05, 0) is 43.0 Å². The van der Waals surface area contributed by atoms with Crippen LogP contribution in [0.2, 0.25) is 0 Å². The Balaban J connectivity index is 0.00000180. The van der Waals surface area contributed by atoms with Crippen LogP contribution in [0.15, 0.2) is 24.3 Å². The van der Waals surface area contributed by atoms with Crippen LogP contribution in [0.25, 0.3) is 0 Å². The molecule has 19 heavy (non-hydrogen) atoms. The SMILES string of the molecule is CC(C)c1ccc(NC(=O)[C@H]2CCCCN2)cc1.Cl. The molecule has 0 bridgehead atoms. The van der Waals surface area contributed by atoms with Crippen molar-refractivity contribution in [2.45, 2.75) is 45.1 Å². The average Bonchev–Trinajstić information content (AvgIpc) is 2.40. The maximum atomic E-state index is 12.0. The van der Waals surface area contributed by atoms with Gasteiger partial charge in [-0.25, -0.2) is 0 Å². The third-order valence-corrected chi connectivity index (χ3v) is 3.47. The highest BCUT2D eigenvalue weighted by atomic mass is 35.5. The Bertz CT molecular complexity index is 397. The van der Waals surface area contributed by atoms with E-state index >= 15 is 0 Å². The van der Waals surface area contributed by atoms with Crippen LogP contribution in [-0.4, -0.2) is 18.5 Å². The van der Waals surface area contributed by atoms with Crippen molar-refractivity contribution in [3.8, 4) is 0 Å². The highest BCUT2D eigenvalue weighted by Gasteiger charge is 2.20. The van der Waals surface area contributed by atoms with Crippen LogP contribution >= 0.6 is 12.4 Å². The van der Waals surface area contributed by atoms with Gasteiger partial charge in [0.2, 0.25) is 5.91 Å². The molecule has 4 heteroatoms. The summed E-state index contributed by atoms with van der Waals surface area (Å²) in [6, 6.07) is 8.10. The summed E-state index contributed by atoms with van der Waals surface area (Å²) < 4.78 is 0. The molecule has 0 spiro atoms. The first kappa shape index (κ1) is 16.0. The van der Waals surface area contributed by atoms with E-state index in [2.05, 4.69) is 36.6 Å². The number of halogens is 1. The standard InChI is InChI=1S/C15H22N2O.ClH/c1-11(2)12-6-8-13(9-7-12)17-15(18)14-5-3-4-10-16-14;/h6-9,11,14,16H,3-5,10H2,1-2H3,(H,17,18);1H/t14-;/m1./s1. The highest BCUT2D eigenvalue weighted by Crippen LogP contribution is 2.17. The molecule has 0 aromatic heterocycles. The van der Waals surface area contributed by atoms with Crippen molar-refractivity contribution in [3.05, 3.63) is 29.8 Å². The van der Waals surface area contributed by atoms with E-state index in [1.54, 1.807) is 0 Å². The number of rotatable bonds is 3. The van der Waals surface area contributed by atoms with Crippen molar-refractivity contribution < 1.29 is 4.79 Å². The molecule has 0 aliphatic carbocycles. The first-order valence-corrected chi connectivity index (χ1v) is 6.81. The summed E-state index contributed by atoms with van der Waals surface area (Å²) in [5.41, 5.74) is 2.18. The highest BCUT2D eigenvalue weighted by molar-refractivity contribution is 5.94. The van der Waals surface area contributed by atoms with Crippen molar-refractivity contribution in [3.63, 3.8) is 0 Å². The van der Waals surface area contributed by atoms with Crippen LogP contribution in [0.1, 0.15) is 44.6 Å². The molecule has 3 nitrogen and oxygen atoms in total. The lowest BCUT2D eigenvalue weighted by atomic mass is 10.0. The molecule has 1 atom stereocenters. The first-order valence-electron chi connectivity index (χ1n) is 6.81. The molecule has 1 fully saturated rings. The molecular weight excluding hydrogens is 260 g/mol. The van der Waals surface area contributed by atoms with E-state index in [1.807, 2.05) is 12.1 Å². The van der Waals surface area contributed by atoms with Crippen molar-refractivity contribution in [1.82, 2.24) is 5.32 Å². The first-order chi connectivity index (χ1) is 8.66. The zero-order valence-corrected chi connectivity index (χ0v) is 12.4. The van der Waals surface area contributed by atoms with E-state index in [1.165, 1.54) is 12.0 Å². The van der Waals surface area contributed by atoms with E-state index in [9.17, 15) is 4.79 Å². The number of nitrogens with one attached hydrogen (secondary N) is 2. The lowest BCUT2D eigenvalue weighted by Crippen LogP contribution is -2.43. The second-order valence-electron chi connectivity index (χ2n) is 5.27. The van der Waals surface area contributed by atoms with Gasteiger partial charge in [0.15, 0.2) is 0 Å². The van der Waals surface area contributed by atoms with E-state index in [0.29, 0.717) is 5.92 Å². The summed E-state index contributed by atoms with van der Waals surface area (Å²) in [7, 11) is 0. The maximum absolute atomic E-state index is 12.0. The summed E-state index contributed by atoms with van der Waals surface area (Å²) in [5.74, 6) is 0.613. The summed E-state index contributed by atoms with van der Waals surface area (Å²) in [5, 5.41) is 6.23. The van der Waals surface area contributed by atoms with Gasteiger partial charge in [0.25, 0.3) is 0 Å². The van der Waals surface area contributed by atoms with E-state index < -0.39 is 0 Å². The van der Waals surface area contributed by atoms with Crippen molar-refractivity contribution in [2.75, 3.05) is 11.9 Å². The Morgan fingerprint density at radius 3 is 2.47 bits per heavy atom. The van der Waals surface area contributed by atoms with E-state index in [4.69, 9.17) is 0 Å². The molecule has 0 saturated carbocycles. The largest absolute Gasteiger partial charge is 0.325 e. The smallest absolute Gasteiger partial charge is 0.241 e. The van der Waals surface area contributed by atoms with Crippen molar-refractivity contribution in [1.29, 1.82) is 0 Å². The van der Waals surface area contributed by atoms with Gasteiger partial charge in [-0.2, -0.15) is 0 Å². The Labute approximate surface area is 121 Å². The molecule has 0 unspecified atom stereocenters. The van der Waals surface area contributed by atoms with Crippen LogP contribution in [0, 0.1) is 0 Å². The van der Waals surface area contributed by atoms with E-state index in [-0.39, 0.29) is 24.4 Å². The predicted molar refractivity (Wildman–Crippen MR) is 82.1 cm³/mol. The third-order valence-electron chi connectivity index (χ3n) is 3.47. The maximum Gasteiger partial charge on any atom is 0.241 e. The fraction of sp³-hybridized carbons (Fsp3) is 0.533. The van der Waals surface area contributed by atoms with Gasteiger partial charge in [-0.3, -0.25) is 4.79 Å². The molecule has 106 valence electrons. The molecular formula is C15H23ClN2O. The summed E-state index contributed by atoms with van der Waals surface area (Å²) in [6.45, 7) is 5.28. The van der Waals surface area contributed by atoms with Crippen LogP contribution in [0.3, 0.4) is 0 Å². The average molecular weight is 283 g/mol. The van der Waals surface area contributed by atoms with Gasteiger partial charge in [0, 0.05) is 5.69 Å². The quantitative estimate of drug-likeness (QED) is 0.893. The number of anilines is 1. The van der Waals surface area contributed by atoms with Gasteiger partial charge >= 0.3 is 0 Å². The number of piperidine rings is 1. The molecule has 1 amide bonds. The van der Waals surface area contributed by atoms with Crippen LogP contribution in [-0.2, 0) is 4.79 Å². The lowest BCUT2D eigenvalue weighted by Gasteiger charge is -2.22. The zero-order valence-electron chi connectivity index (χ0n) is 11.6. The fourth-order valence-corrected chi connectivity index (χ4v) is 2.26. The third kappa shape index (κ3) is 4.51. The lowest BCUT2D eigenvalue weighted by molar-refractivity contribution is -0.118. The molecule has 1 aliphatic heterocycles. The predicted octanol–water partition coefficient (Wildman–Crippen LogP) is 3.31. The monoisotopic (exact) mass is 282 g/mol. The molecule has 1 saturated heterocycles. The number of amides is 1. The Hall–Kier alpha value is -1.06. The molecule has 0 radical (unpaired) electrons. The zero-order chi connectivity index (χ0) is 13.0. The van der Waals surface area contributed by atoms with Crippen LogP contribution < -0.4 is 10.6 Å². The van der Waals surface area contributed by atoms with Gasteiger partial charge in [0.05, 0.1) is 6.04 Å². The van der Waals surface area contributed by atoms with Crippen LogP contribution in [0.4, 0.5) is 5.69 Å². The minimum absolute atomic E-state index is 0. The van der Waals surface area contributed by atoms with Crippen molar-refractivity contribution >= 4 is 24.0 Å². The molecule has 1 aromatic rings. The Kier molecular flexibility index (Phi) is 6.32. The Morgan fingerprint density at radius 2 is 1.95 bits per heavy atom. The second-order valence-corrected chi connectivity index (χ2v) is 5.27. The molecule has 1 aliphatic rings. The number of carbonyl (C=O) groups is 1. The number of hydrogen-bond donors (Lipinski definition) is 2. The normalized spacial score (nSPS) is 18.8. The molecule has 1 aromatic carbocycles. The minimum atomic E-state index is -0.0245. The number of benzene rings is 1. The fourth-order valence-electron chi connectivity index (χ4n) is 2.26. The van der Waals surface area contributed by atoms with Crippen molar-refractivity contribution in [2.24, 2.45) is 0 Å². The van der Waals surface area contributed by atoms with Crippen LogP contribution in [0.5, 0.6) is 0 Å². The number of hydrogen-bond acceptors (Lipinski definition) is 2. The second kappa shape index (κ2) is 7.51. The molecule has 2 rings (SSSR count). The van der Waals surface area contributed by atoms with Gasteiger partial charge < -0.3 is 10.6 Å². The van der Waals surface area contributed by atoms with E-state index in [0.717, 1.165) is 25.1 Å². The molecule has 1 heterocycles. The van der Waals surface area contributed by atoms with Gasteiger partial charge in [-0.15, -0.1) is 12.4 Å². The summed E-state index contributed by atoms with van der Waals surface area (Å²) >= 11 is 0. The topological polar surface area (TPSA) is 41.1 Å². The molecule has 2 N–H and O–H groups in total. The Morgan fingerprint density at radius 1 is 1.26 bits per heavy atom. The number of carbonyl (C=O) groups excluding carboxylic acids is 1. The van der Waals surface area contributed by atoms with Gasteiger partial charge in [-0.1, -0.05) is 32.4 Å². The van der Waals surface area contributed by atoms with Gasteiger partial charge in [0.1, 0.15) is 0 Å². The minimum Gasteiger partial charge on any atom is -0.325 e.